The third-order valence-corrected chi connectivity index (χ3v) is 4.98. The van der Waals surface area contributed by atoms with Gasteiger partial charge < -0.3 is 0 Å². The number of aliphatic imine (C=N–C) groups is 1. The fraction of sp³-hybridized carbons (Fsp3) is 0.562. The highest BCUT2D eigenvalue weighted by Crippen LogP contribution is 2.46. The van der Waals surface area contributed by atoms with Crippen LogP contribution in [0.15, 0.2) is 40.1 Å². The van der Waals surface area contributed by atoms with Crippen LogP contribution >= 0.6 is 0 Å². The molecule has 0 N–H and O–H groups in total. The van der Waals surface area contributed by atoms with Gasteiger partial charge in [-0.05, 0) is 73.7 Å². The molecule has 0 aromatic heterocycles. The van der Waals surface area contributed by atoms with Crippen molar-refractivity contribution in [2.24, 2.45) is 16.8 Å². The molecule has 1 nitrogen and oxygen atoms in total. The Hall–Kier alpha value is -1.11. The zero-order valence-electron chi connectivity index (χ0n) is 10.3. The molecule has 4 rings (SSSR count). The molecule has 88 valence electrons. The first-order valence-electron chi connectivity index (χ1n) is 7.10. The van der Waals surface area contributed by atoms with E-state index in [4.69, 9.17) is 0 Å². The molecule has 1 saturated carbocycles. The van der Waals surface area contributed by atoms with Gasteiger partial charge in [0, 0.05) is 11.9 Å². The van der Waals surface area contributed by atoms with E-state index in [1.807, 2.05) is 11.8 Å². The van der Waals surface area contributed by atoms with Crippen LogP contribution in [0, 0.1) is 11.8 Å². The molecule has 0 spiro atoms. The minimum Gasteiger partial charge on any atom is -0.261 e. The number of rotatable bonds is 0. The van der Waals surface area contributed by atoms with Crippen LogP contribution in [0.25, 0.3) is 0 Å². The zero-order valence-corrected chi connectivity index (χ0v) is 10.3. The lowest BCUT2D eigenvalue weighted by Gasteiger charge is -2.38. The Morgan fingerprint density at radius 3 is 3.00 bits per heavy atom. The summed E-state index contributed by atoms with van der Waals surface area (Å²) in [7, 11) is 0. The summed E-state index contributed by atoms with van der Waals surface area (Å²) in [5.74, 6) is 1.72. The molecule has 2 unspecified atom stereocenters. The number of hydrogen-bond donors (Lipinski definition) is 0. The van der Waals surface area contributed by atoms with E-state index in [0.29, 0.717) is 0 Å². The zero-order chi connectivity index (χ0) is 11.2. The van der Waals surface area contributed by atoms with Crippen molar-refractivity contribution in [3.63, 3.8) is 0 Å². The smallest absolute Gasteiger partial charge is 0.0482 e. The van der Waals surface area contributed by atoms with E-state index in [-0.39, 0.29) is 0 Å². The fourth-order valence-electron chi connectivity index (χ4n) is 4.11. The molecule has 1 aliphatic heterocycles. The normalized spacial score (nSPS) is 34.8. The average Bonchev–Trinajstić information content (AvgIpc) is 2.83. The third-order valence-electron chi connectivity index (χ3n) is 4.98. The predicted molar refractivity (Wildman–Crippen MR) is 71.0 cm³/mol. The van der Waals surface area contributed by atoms with Gasteiger partial charge in [-0.15, -0.1) is 0 Å². The standard InChI is InChI=1S/C16H19N/c1-2-4-14-11(3-1)5-6-12-10-16-13(7-8-17-16)9-15(12)14/h7-9,11-12H,1-6,10H2. The Morgan fingerprint density at radius 1 is 1.06 bits per heavy atom. The van der Waals surface area contributed by atoms with Crippen LogP contribution in [0.4, 0.5) is 0 Å². The number of nitrogens with zero attached hydrogens (tertiary/aromatic N) is 1. The van der Waals surface area contributed by atoms with E-state index in [1.165, 1.54) is 56.2 Å². The quantitative estimate of drug-likeness (QED) is 0.586. The Labute approximate surface area is 103 Å². The van der Waals surface area contributed by atoms with Crippen molar-refractivity contribution < 1.29 is 0 Å². The average molecular weight is 225 g/mol. The van der Waals surface area contributed by atoms with Crippen LogP contribution in [0.1, 0.15) is 44.9 Å². The molecule has 0 saturated heterocycles. The highest BCUT2D eigenvalue weighted by molar-refractivity contribution is 6.06. The monoisotopic (exact) mass is 225 g/mol. The van der Waals surface area contributed by atoms with Crippen molar-refractivity contribution >= 4 is 5.71 Å². The summed E-state index contributed by atoms with van der Waals surface area (Å²) in [5, 5.41) is 0. The van der Waals surface area contributed by atoms with E-state index in [0.717, 1.165) is 11.8 Å². The molecular formula is C16H19N. The summed E-state index contributed by atoms with van der Waals surface area (Å²) in [6, 6.07) is 0. The summed E-state index contributed by atoms with van der Waals surface area (Å²) in [6.07, 6.45) is 16.3. The molecule has 2 atom stereocenters. The van der Waals surface area contributed by atoms with Crippen LogP contribution in [0.5, 0.6) is 0 Å². The van der Waals surface area contributed by atoms with Crippen LogP contribution in [0.2, 0.25) is 0 Å². The second-order valence-corrected chi connectivity index (χ2v) is 5.89. The maximum absolute atomic E-state index is 4.50. The van der Waals surface area contributed by atoms with Gasteiger partial charge in [-0.2, -0.15) is 0 Å². The van der Waals surface area contributed by atoms with Crippen molar-refractivity contribution in [2.75, 3.05) is 0 Å². The molecule has 1 fully saturated rings. The van der Waals surface area contributed by atoms with Crippen molar-refractivity contribution in [2.45, 2.75) is 44.9 Å². The maximum atomic E-state index is 4.50. The van der Waals surface area contributed by atoms with Gasteiger partial charge in [0.2, 0.25) is 0 Å². The first kappa shape index (κ1) is 9.87. The Kier molecular flexibility index (Phi) is 2.14. The molecule has 4 aliphatic rings. The lowest BCUT2D eigenvalue weighted by atomic mass is 9.67. The van der Waals surface area contributed by atoms with Gasteiger partial charge in [-0.3, -0.25) is 4.99 Å². The topological polar surface area (TPSA) is 12.4 Å². The van der Waals surface area contributed by atoms with E-state index in [2.05, 4.69) is 17.1 Å². The molecule has 3 aliphatic carbocycles. The lowest BCUT2D eigenvalue weighted by Crippen LogP contribution is -2.26. The van der Waals surface area contributed by atoms with Crippen molar-refractivity contribution in [1.29, 1.82) is 0 Å². The molecule has 0 bridgehead atoms. The van der Waals surface area contributed by atoms with Gasteiger partial charge in [0.05, 0.1) is 0 Å². The van der Waals surface area contributed by atoms with Crippen LogP contribution < -0.4 is 0 Å². The first-order valence-corrected chi connectivity index (χ1v) is 7.10. The summed E-state index contributed by atoms with van der Waals surface area (Å²) >= 11 is 0. The minimum atomic E-state index is 0.793. The Bertz CT molecular complexity index is 476. The van der Waals surface area contributed by atoms with Gasteiger partial charge in [0.25, 0.3) is 0 Å². The summed E-state index contributed by atoms with van der Waals surface area (Å²) in [4.78, 5) is 4.50. The minimum absolute atomic E-state index is 0.793. The van der Waals surface area contributed by atoms with Gasteiger partial charge >= 0.3 is 0 Å². The maximum Gasteiger partial charge on any atom is 0.0482 e. The molecule has 0 aromatic rings. The molecule has 0 aromatic carbocycles. The molecule has 17 heavy (non-hydrogen) atoms. The lowest BCUT2D eigenvalue weighted by molar-refractivity contribution is 0.356. The Balaban J connectivity index is 1.81. The van der Waals surface area contributed by atoms with Gasteiger partial charge in [0.15, 0.2) is 0 Å². The fourth-order valence-corrected chi connectivity index (χ4v) is 4.11. The number of hydrogen-bond acceptors (Lipinski definition) is 1. The number of allylic oxidation sites excluding steroid dienone is 5. The molecule has 1 heteroatoms. The predicted octanol–water partition coefficient (Wildman–Crippen LogP) is 4.18. The first-order chi connectivity index (χ1) is 8.42. The van der Waals surface area contributed by atoms with Crippen molar-refractivity contribution in [3.8, 4) is 0 Å². The summed E-state index contributed by atoms with van der Waals surface area (Å²) in [6.45, 7) is 0. The number of fused-ring (bicyclic) bond motifs is 3. The van der Waals surface area contributed by atoms with Gasteiger partial charge in [-0.1, -0.05) is 12.0 Å². The summed E-state index contributed by atoms with van der Waals surface area (Å²) in [5.41, 5.74) is 6.27. The van der Waals surface area contributed by atoms with E-state index >= 15 is 0 Å². The van der Waals surface area contributed by atoms with Crippen molar-refractivity contribution in [1.82, 2.24) is 0 Å². The Morgan fingerprint density at radius 2 is 2.00 bits per heavy atom. The van der Waals surface area contributed by atoms with E-state index < -0.39 is 0 Å². The summed E-state index contributed by atoms with van der Waals surface area (Å²) < 4.78 is 0. The molecule has 0 radical (unpaired) electrons. The largest absolute Gasteiger partial charge is 0.261 e. The van der Waals surface area contributed by atoms with Crippen molar-refractivity contribution in [3.05, 3.63) is 35.1 Å². The highest BCUT2D eigenvalue weighted by Gasteiger charge is 2.33. The molecule has 1 heterocycles. The van der Waals surface area contributed by atoms with Gasteiger partial charge in [0.1, 0.15) is 0 Å². The molecule has 0 amide bonds. The second-order valence-electron chi connectivity index (χ2n) is 5.89. The van der Waals surface area contributed by atoms with Gasteiger partial charge in [-0.25, -0.2) is 0 Å². The molecular weight excluding hydrogens is 206 g/mol. The third kappa shape index (κ3) is 1.48. The van der Waals surface area contributed by atoms with Crippen LogP contribution in [0.3, 0.4) is 0 Å². The van der Waals surface area contributed by atoms with Crippen LogP contribution in [-0.4, -0.2) is 5.71 Å². The van der Waals surface area contributed by atoms with Crippen LogP contribution in [-0.2, 0) is 0 Å². The van der Waals surface area contributed by atoms with E-state index in [9.17, 15) is 0 Å². The SMILES string of the molecule is C1=CC2=CC3=C4CCCCC4CCC3CC2=N1. The highest BCUT2D eigenvalue weighted by atomic mass is 14.7. The van der Waals surface area contributed by atoms with E-state index in [1.54, 1.807) is 5.57 Å². The second kappa shape index (κ2) is 3.69.